The fourth-order valence-corrected chi connectivity index (χ4v) is 3.46. The van der Waals surface area contributed by atoms with Crippen molar-refractivity contribution in [3.05, 3.63) is 62.0 Å². The number of hydrogen-bond donors (Lipinski definition) is 1. The first kappa shape index (κ1) is 25.5. The van der Waals surface area contributed by atoms with Crippen LogP contribution in [0.25, 0.3) is 0 Å². The Bertz CT molecular complexity index is 924. The molecule has 0 radical (unpaired) electrons. The van der Waals surface area contributed by atoms with Crippen LogP contribution in [0.4, 0.5) is 0 Å². The minimum Gasteiger partial charge on any atom is -0.484 e. The number of nitrogens with zero attached hydrogens (tertiary/aromatic N) is 1. The van der Waals surface area contributed by atoms with E-state index in [1.54, 1.807) is 31.2 Å². The Labute approximate surface area is 202 Å². The summed E-state index contributed by atoms with van der Waals surface area (Å²) in [6.45, 7) is 6.30. The van der Waals surface area contributed by atoms with Crippen LogP contribution in [0.5, 0.6) is 5.75 Å². The number of hydrogen-bond acceptors (Lipinski definition) is 3. The first-order valence-electron chi connectivity index (χ1n) is 10.1. The number of rotatable bonds is 10. The van der Waals surface area contributed by atoms with E-state index in [4.69, 9.17) is 27.9 Å². The van der Waals surface area contributed by atoms with Crippen molar-refractivity contribution in [2.45, 2.75) is 46.2 Å². The average Bonchev–Trinajstić information content (AvgIpc) is 2.74. The van der Waals surface area contributed by atoms with E-state index >= 15 is 0 Å². The maximum Gasteiger partial charge on any atom is 0.261 e. The van der Waals surface area contributed by atoms with Gasteiger partial charge < -0.3 is 15.0 Å². The third kappa shape index (κ3) is 7.70. The van der Waals surface area contributed by atoms with Crippen molar-refractivity contribution < 1.29 is 14.3 Å². The number of nitrogens with one attached hydrogen (secondary N) is 1. The van der Waals surface area contributed by atoms with E-state index in [1.807, 2.05) is 19.1 Å². The lowest BCUT2D eigenvalue weighted by Crippen LogP contribution is -2.49. The van der Waals surface area contributed by atoms with Crippen molar-refractivity contribution in [2.24, 2.45) is 0 Å². The Morgan fingerprint density at radius 2 is 1.90 bits per heavy atom. The molecule has 0 spiro atoms. The lowest BCUT2D eigenvalue weighted by atomic mass is 10.1. The topological polar surface area (TPSA) is 58.6 Å². The Balaban J connectivity index is 2.15. The van der Waals surface area contributed by atoms with Gasteiger partial charge in [-0.2, -0.15) is 0 Å². The third-order valence-electron chi connectivity index (χ3n) is 4.83. The highest BCUT2D eigenvalue weighted by atomic mass is 79.9. The second kappa shape index (κ2) is 12.3. The molecule has 0 aliphatic rings. The summed E-state index contributed by atoms with van der Waals surface area (Å²) in [5.74, 6) is 0.0784. The van der Waals surface area contributed by atoms with E-state index in [-0.39, 0.29) is 25.0 Å². The van der Waals surface area contributed by atoms with E-state index in [9.17, 15) is 9.59 Å². The first-order chi connectivity index (χ1) is 14.7. The monoisotopic (exact) mass is 528 g/mol. The second-order valence-electron chi connectivity index (χ2n) is 7.29. The van der Waals surface area contributed by atoms with Crippen LogP contribution in [0.1, 0.15) is 37.8 Å². The molecule has 5 nitrogen and oxygen atoms in total. The van der Waals surface area contributed by atoms with Gasteiger partial charge in [-0.05, 0) is 61.7 Å². The molecule has 0 aliphatic heterocycles. The molecule has 0 saturated heterocycles. The molecule has 2 amide bonds. The molecule has 0 bridgehead atoms. The van der Waals surface area contributed by atoms with Gasteiger partial charge in [-0.3, -0.25) is 9.59 Å². The highest BCUT2D eigenvalue weighted by molar-refractivity contribution is 9.10. The molecule has 0 fully saturated rings. The Morgan fingerprint density at radius 1 is 1.16 bits per heavy atom. The van der Waals surface area contributed by atoms with Crippen molar-refractivity contribution in [3.8, 4) is 5.75 Å². The number of carbonyl (C=O) groups is 2. The van der Waals surface area contributed by atoms with Gasteiger partial charge in [0.25, 0.3) is 5.91 Å². The molecule has 0 aromatic heterocycles. The number of aryl methyl sites for hydroxylation is 1. The molecule has 0 heterocycles. The van der Waals surface area contributed by atoms with Crippen LogP contribution in [0, 0.1) is 6.92 Å². The first-order valence-corrected chi connectivity index (χ1v) is 11.7. The van der Waals surface area contributed by atoms with Crippen LogP contribution >= 0.6 is 39.1 Å². The maximum atomic E-state index is 13.1. The SMILES string of the molecule is CCCCNC(=O)[C@H](C)N(Cc1ccc(Cl)c(Cl)c1)C(=O)COc1ccc(Br)c(C)c1. The van der Waals surface area contributed by atoms with Gasteiger partial charge in [0.05, 0.1) is 10.0 Å². The van der Waals surface area contributed by atoms with Crippen LogP contribution in [-0.4, -0.2) is 35.9 Å². The van der Waals surface area contributed by atoms with Crippen molar-refractivity contribution in [3.63, 3.8) is 0 Å². The summed E-state index contributed by atoms with van der Waals surface area (Å²) in [6, 6.07) is 9.99. The van der Waals surface area contributed by atoms with Gasteiger partial charge in [-0.1, -0.05) is 58.5 Å². The van der Waals surface area contributed by atoms with Crippen molar-refractivity contribution in [1.29, 1.82) is 0 Å². The van der Waals surface area contributed by atoms with Crippen LogP contribution in [0.15, 0.2) is 40.9 Å². The third-order valence-corrected chi connectivity index (χ3v) is 6.45. The normalized spacial score (nSPS) is 11.7. The second-order valence-corrected chi connectivity index (χ2v) is 8.96. The number of halogens is 3. The molecular weight excluding hydrogens is 503 g/mol. The molecule has 31 heavy (non-hydrogen) atoms. The summed E-state index contributed by atoms with van der Waals surface area (Å²) in [5, 5.41) is 3.72. The molecule has 0 unspecified atom stereocenters. The minimum atomic E-state index is -0.672. The number of ether oxygens (including phenoxy) is 1. The summed E-state index contributed by atoms with van der Waals surface area (Å²) in [7, 11) is 0. The largest absolute Gasteiger partial charge is 0.484 e. The Hall–Kier alpha value is -1.76. The van der Waals surface area contributed by atoms with E-state index in [0.717, 1.165) is 28.4 Å². The summed E-state index contributed by atoms with van der Waals surface area (Å²) < 4.78 is 6.67. The fraction of sp³-hybridized carbons (Fsp3) is 0.391. The number of unbranched alkanes of at least 4 members (excludes halogenated alkanes) is 1. The van der Waals surface area contributed by atoms with Crippen LogP contribution in [0.2, 0.25) is 10.0 Å². The Morgan fingerprint density at radius 3 is 2.55 bits per heavy atom. The zero-order valence-electron chi connectivity index (χ0n) is 17.9. The average molecular weight is 530 g/mol. The molecule has 0 aliphatic carbocycles. The zero-order chi connectivity index (χ0) is 23.0. The molecule has 2 rings (SSSR count). The molecule has 2 aromatic carbocycles. The highest BCUT2D eigenvalue weighted by Crippen LogP contribution is 2.24. The number of carbonyl (C=O) groups excluding carboxylic acids is 2. The van der Waals surface area contributed by atoms with Crippen LogP contribution in [-0.2, 0) is 16.1 Å². The number of benzene rings is 2. The van der Waals surface area contributed by atoms with E-state index in [2.05, 4.69) is 28.2 Å². The summed E-state index contributed by atoms with van der Waals surface area (Å²) in [5.41, 5.74) is 1.77. The van der Waals surface area contributed by atoms with Crippen molar-refractivity contribution in [1.82, 2.24) is 10.2 Å². The van der Waals surface area contributed by atoms with Crippen molar-refractivity contribution in [2.75, 3.05) is 13.2 Å². The predicted molar refractivity (Wildman–Crippen MR) is 129 cm³/mol. The van der Waals surface area contributed by atoms with Gasteiger partial charge in [0, 0.05) is 17.6 Å². The van der Waals surface area contributed by atoms with E-state index in [0.29, 0.717) is 22.3 Å². The lowest BCUT2D eigenvalue weighted by Gasteiger charge is -2.29. The summed E-state index contributed by atoms with van der Waals surface area (Å²) in [6.07, 6.45) is 1.85. The minimum absolute atomic E-state index is 0.186. The van der Waals surface area contributed by atoms with Crippen molar-refractivity contribution >= 4 is 50.9 Å². The standard InChI is InChI=1S/C23H27BrCl2N2O3/c1-4-5-10-27-23(30)16(3)28(13-17-6-9-20(25)21(26)12-17)22(29)14-31-18-7-8-19(24)15(2)11-18/h6-9,11-12,16H,4-5,10,13-14H2,1-3H3,(H,27,30)/t16-/m0/s1. The predicted octanol–water partition coefficient (Wildman–Crippen LogP) is 5.78. The Kier molecular flexibility index (Phi) is 10.1. The maximum absolute atomic E-state index is 13.1. The van der Waals surface area contributed by atoms with E-state index < -0.39 is 6.04 Å². The highest BCUT2D eigenvalue weighted by Gasteiger charge is 2.26. The molecular formula is C23H27BrCl2N2O3. The van der Waals surface area contributed by atoms with E-state index in [1.165, 1.54) is 4.90 Å². The molecule has 1 atom stereocenters. The molecule has 8 heteroatoms. The van der Waals surface area contributed by atoms with Gasteiger partial charge in [-0.15, -0.1) is 0 Å². The van der Waals surface area contributed by atoms with Gasteiger partial charge in [0.15, 0.2) is 6.61 Å². The lowest BCUT2D eigenvalue weighted by molar-refractivity contribution is -0.142. The molecule has 2 aromatic rings. The summed E-state index contributed by atoms with van der Waals surface area (Å²) >= 11 is 15.6. The van der Waals surface area contributed by atoms with Gasteiger partial charge in [-0.25, -0.2) is 0 Å². The van der Waals surface area contributed by atoms with Gasteiger partial charge in [0.1, 0.15) is 11.8 Å². The summed E-state index contributed by atoms with van der Waals surface area (Å²) in [4.78, 5) is 27.2. The van der Waals surface area contributed by atoms with Gasteiger partial charge >= 0.3 is 0 Å². The van der Waals surface area contributed by atoms with Crippen LogP contribution < -0.4 is 10.1 Å². The molecule has 0 saturated carbocycles. The van der Waals surface area contributed by atoms with Gasteiger partial charge in [0.2, 0.25) is 5.91 Å². The molecule has 1 N–H and O–H groups in total. The fourth-order valence-electron chi connectivity index (χ4n) is 2.89. The number of amides is 2. The quantitative estimate of drug-likeness (QED) is 0.397. The zero-order valence-corrected chi connectivity index (χ0v) is 21.0. The molecule has 168 valence electrons. The smallest absolute Gasteiger partial charge is 0.261 e. The van der Waals surface area contributed by atoms with Crippen LogP contribution in [0.3, 0.4) is 0 Å².